The van der Waals surface area contributed by atoms with Gasteiger partial charge in [0.25, 0.3) is 5.91 Å². The Morgan fingerprint density at radius 2 is 1.94 bits per heavy atom. The predicted octanol–water partition coefficient (Wildman–Crippen LogP) is 1.62. The zero-order chi connectivity index (χ0) is 12.7. The summed E-state index contributed by atoms with van der Waals surface area (Å²) in [6, 6.07) is 6.92. The molecule has 4 heteroatoms. The molecule has 0 aliphatic carbocycles. The van der Waals surface area contributed by atoms with Crippen LogP contribution >= 0.6 is 0 Å². The van der Waals surface area contributed by atoms with Crippen molar-refractivity contribution in [2.75, 3.05) is 6.54 Å². The van der Waals surface area contributed by atoms with Crippen molar-refractivity contribution in [3.05, 3.63) is 48.0 Å². The molecule has 4 nitrogen and oxygen atoms in total. The summed E-state index contributed by atoms with van der Waals surface area (Å²) in [4.78, 5) is 21.9. The van der Waals surface area contributed by atoms with Crippen LogP contribution in [0.2, 0.25) is 0 Å². The molecule has 0 saturated heterocycles. The zero-order valence-electron chi connectivity index (χ0n) is 9.48. The van der Waals surface area contributed by atoms with Crippen molar-refractivity contribution in [1.82, 2.24) is 5.32 Å². The van der Waals surface area contributed by atoms with E-state index in [1.54, 1.807) is 30.3 Å². The van der Waals surface area contributed by atoms with E-state index in [1.807, 2.05) is 0 Å². The first-order valence-corrected chi connectivity index (χ1v) is 5.33. The number of aliphatic carboxylic acids is 1. The van der Waals surface area contributed by atoms with E-state index in [1.165, 1.54) is 0 Å². The number of hydrogen-bond acceptors (Lipinski definition) is 2. The molecule has 17 heavy (non-hydrogen) atoms. The Kier molecular flexibility index (Phi) is 4.94. The van der Waals surface area contributed by atoms with Gasteiger partial charge in [0.2, 0.25) is 0 Å². The predicted molar refractivity (Wildman–Crippen MR) is 64.9 cm³/mol. The minimum absolute atomic E-state index is 0.0992. The van der Waals surface area contributed by atoms with Gasteiger partial charge in [0, 0.05) is 18.5 Å². The standard InChI is InChI=1S/C13H15NO3/c1-2-9-14-13(17)11-6-3-10(4-7-11)5-8-12(15)16/h2-4,6-7H,1,5,8-9H2,(H,14,17)(H,15,16). The van der Waals surface area contributed by atoms with Crippen molar-refractivity contribution >= 4 is 11.9 Å². The van der Waals surface area contributed by atoms with Crippen LogP contribution in [0.5, 0.6) is 0 Å². The summed E-state index contributed by atoms with van der Waals surface area (Å²) in [5, 5.41) is 11.2. The monoisotopic (exact) mass is 233 g/mol. The highest BCUT2D eigenvalue weighted by molar-refractivity contribution is 5.94. The number of nitrogens with one attached hydrogen (secondary N) is 1. The number of carboxylic acids is 1. The number of carbonyl (C=O) groups excluding carboxylic acids is 1. The third-order valence-corrected chi connectivity index (χ3v) is 2.25. The fraction of sp³-hybridized carbons (Fsp3) is 0.231. The van der Waals surface area contributed by atoms with Gasteiger partial charge in [-0.25, -0.2) is 0 Å². The molecule has 0 heterocycles. The third-order valence-electron chi connectivity index (χ3n) is 2.25. The van der Waals surface area contributed by atoms with Crippen LogP contribution < -0.4 is 5.32 Å². The maximum atomic E-state index is 11.5. The van der Waals surface area contributed by atoms with Crippen molar-refractivity contribution in [1.29, 1.82) is 0 Å². The Morgan fingerprint density at radius 3 is 2.47 bits per heavy atom. The summed E-state index contributed by atoms with van der Waals surface area (Å²) in [7, 11) is 0. The topological polar surface area (TPSA) is 66.4 Å². The molecule has 0 aromatic heterocycles. The van der Waals surface area contributed by atoms with E-state index in [4.69, 9.17) is 5.11 Å². The highest BCUT2D eigenvalue weighted by Crippen LogP contribution is 2.06. The van der Waals surface area contributed by atoms with Gasteiger partial charge < -0.3 is 10.4 Å². The average molecular weight is 233 g/mol. The number of rotatable bonds is 6. The van der Waals surface area contributed by atoms with Crippen molar-refractivity contribution in [2.45, 2.75) is 12.8 Å². The molecular weight excluding hydrogens is 218 g/mol. The quantitative estimate of drug-likeness (QED) is 0.734. The first kappa shape index (κ1) is 13.0. The summed E-state index contributed by atoms with van der Waals surface area (Å²) in [6.45, 7) is 3.94. The molecule has 1 amide bonds. The third kappa shape index (κ3) is 4.51. The molecule has 0 unspecified atom stereocenters. The van der Waals surface area contributed by atoms with Gasteiger partial charge in [-0.3, -0.25) is 9.59 Å². The molecule has 2 N–H and O–H groups in total. The minimum atomic E-state index is -0.821. The Morgan fingerprint density at radius 1 is 1.29 bits per heavy atom. The van der Waals surface area contributed by atoms with Crippen LogP contribution in [-0.2, 0) is 11.2 Å². The Balaban J connectivity index is 2.57. The van der Waals surface area contributed by atoms with Gasteiger partial charge in [-0.1, -0.05) is 18.2 Å². The van der Waals surface area contributed by atoms with Gasteiger partial charge in [-0.15, -0.1) is 6.58 Å². The second kappa shape index (κ2) is 6.48. The fourth-order valence-corrected chi connectivity index (χ4v) is 1.34. The summed E-state index contributed by atoms with van der Waals surface area (Å²) in [5.41, 5.74) is 1.47. The van der Waals surface area contributed by atoms with Crippen molar-refractivity contribution < 1.29 is 14.7 Å². The molecule has 0 aliphatic rings. The lowest BCUT2D eigenvalue weighted by molar-refractivity contribution is -0.136. The lowest BCUT2D eigenvalue weighted by Crippen LogP contribution is -2.23. The number of benzene rings is 1. The van der Waals surface area contributed by atoms with Gasteiger partial charge in [0.15, 0.2) is 0 Å². The minimum Gasteiger partial charge on any atom is -0.481 e. The van der Waals surface area contributed by atoms with Crippen molar-refractivity contribution in [2.24, 2.45) is 0 Å². The van der Waals surface area contributed by atoms with E-state index in [9.17, 15) is 9.59 Å². The molecule has 0 fully saturated rings. The van der Waals surface area contributed by atoms with E-state index in [0.29, 0.717) is 18.5 Å². The van der Waals surface area contributed by atoms with Crippen LogP contribution in [-0.4, -0.2) is 23.5 Å². The van der Waals surface area contributed by atoms with Crippen LogP contribution in [0.25, 0.3) is 0 Å². The largest absolute Gasteiger partial charge is 0.481 e. The van der Waals surface area contributed by atoms with Gasteiger partial charge in [-0.2, -0.15) is 0 Å². The van der Waals surface area contributed by atoms with E-state index < -0.39 is 5.97 Å². The van der Waals surface area contributed by atoms with Crippen LogP contribution in [0.1, 0.15) is 22.3 Å². The van der Waals surface area contributed by atoms with E-state index in [-0.39, 0.29) is 12.3 Å². The molecule has 1 aromatic carbocycles. The Bertz CT molecular complexity index is 409. The number of carboxylic acid groups (broad SMARTS) is 1. The summed E-state index contributed by atoms with van der Waals surface area (Å²) >= 11 is 0. The van der Waals surface area contributed by atoms with Gasteiger partial charge in [0.05, 0.1) is 0 Å². The molecule has 0 spiro atoms. The smallest absolute Gasteiger partial charge is 0.303 e. The number of hydrogen-bond donors (Lipinski definition) is 2. The molecule has 0 saturated carbocycles. The highest BCUT2D eigenvalue weighted by Gasteiger charge is 2.04. The second-order valence-electron chi connectivity index (χ2n) is 3.59. The summed E-state index contributed by atoms with van der Waals surface area (Å²) in [5.74, 6) is -0.979. The highest BCUT2D eigenvalue weighted by atomic mass is 16.4. The summed E-state index contributed by atoms with van der Waals surface area (Å²) in [6.07, 6.45) is 2.19. The maximum absolute atomic E-state index is 11.5. The maximum Gasteiger partial charge on any atom is 0.303 e. The molecule has 90 valence electrons. The molecule has 1 rings (SSSR count). The molecule has 1 aromatic rings. The number of amides is 1. The Labute approximate surface area is 100.0 Å². The lowest BCUT2D eigenvalue weighted by Gasteiger charge is -2.03. The second-order valence-corrected chi connectivity index (χ2v) is 3.59. The first-order chi connectivity index (χ1) is 8.13. The van der Waals surface area contributed by atoms with Gasteiger partial charge in [0.1, 0.15) is 0 Å². The Hall–Kier alpha value is -2.10. The molecule has 0 bridgehead atoms. The van der Waals surface area contributed by atoms with Gasteiger partial charge >= 0.3 is 5.97 Å². The van der Waals surface area contributed by atoms with Gasteiger partial charge in [-0.05, 0) is 24.1 Å². The normalized spacial score (nSPS) is 9.65. The lowest BCUT2D eigenvalue weighted by atomic mass is 10.1. The zero-order valence-corrected chi connectivity index (χ0v) is 9.48. The SMILES string of the molecule is C=CCNC(=O)c1ccc(CCC(=O)O)cc1. The molecule has 0 aliphatic heterocycles. The fourth-order valence-electron chi connectivity index (χ4n) is 1.34. The van der Waals surface area contributed by atoms with Crippen molar-refractivity contribution in [3.8, 4) is 0 Å². The molecule has 0 radical (unpaired) electrons. The van der Waals surface area contributed by atoms with Crippen LogP contribution in [0.15, 0.2) is 36.9 Å². The van der Waals surface area contributed by atoms with Crippen LogP contribution in [0.3, 0.4) is 0 Å². The van der Waals surface area contributed by atoms with Crippen LogP contribution in [0, 0.1) is 0 Å². The number of aryl methyl sites for hydroxylation is 1. The first-order valence-electron chi connectivity index (χ1n) is 5.33. The summed E-state index contributed by atoms with van der Waals surface area (Å²) < 4.78 is 0. The van der Waals surface area contributed by atoms with E-state index >= 15 is 0 Å². The number of carbonyl (C=O) groups is 2. The van der Waals surface area contributed by atoms with E-state index in [2.05, 4.69) is 11.9 Å². The molecular formula is C13H15NO3. The van der Waals surface area contributed by atoms with E-state index in [0.717, 1.165) is 5.56 Å². The average Bonchev–Trinajstić information content (AvgIpc) is 2.34. The molecule has 0 atom stereocenters. The van der Waals surface area contributed by atoms with Crippen LogP contribution in [0.4, 0.5) is 0 Å². The van der Waals surface area contributed by atoms with Crippen molar-refractivity contribution in [3.63, 3.8) is 0 Å².